The summed E-state index contributed by atoms with van der Waals surface area (Å²) in [6.45, 7) is 0. The van der Waals surface area contributed by atoms with Gasteiger partial charge in [-0.2, -0.15) is 0 Å². The molecule has 0 spiro atoms. The molecular weight excluding hydrogens is 222 g/mol. The highest BCUT2D eigenvalue weighted by molar-refractivity contribution is 5.56. The van der Waals surface area contributed by atoms with Crippen LogP contribution in [-0.4, -0.2) is 17.3 Å². The maximum absolute atomic E-state index is 13.5. The van der Waals surface area contributed by atoms with Crippen LogP contribution in [0, 0.1) is 11.6 Å². The first-order chi connectivity index (χ1) is 7.61. The van der Waals surface area contributed by atoms with E-state index in [1.54, 1.807) is 0 Å². The summed E-state index contributed by atoms with van der Waals surface area (Å²) in [5.74, 6) is -2.78. The molecule has 1 aromatic carbocycles. The van der Waals surface area contributed by atoms with Crippen LogP contribution in [0.5, 0.6) is 5.75 Å². The third kappa shape index (κ3) is 1.67. The monoisotopic (exact) mass is 228 g/mol. The summed E-state index contributed by atoms with van der Waals surface area (Å²) in [6.07, 6.45) is 0. The largest absolute Gasteiger partial charge is 0.494 e. The second-order valence-electron chi connectivity index (χ2n) is 2.91. The number of hydrogen-bond acceptors (Lipinski definition) is 4. The lowest BCUT2D eigenvalue weighted by atomic mass is 10.2. The summed E-state index contributed by atoms with van der Waals surface area (Å²) in [5.41, 5.74) is -0.204. The third-order valence-electron chi connectivity index (χ3n) is 1.94. The molecule has 0 bridgehead atoms. The van der Waals surface area contributed by atoms with Crippen LogP contribution in [0.25, 0.3) is 11.4 Å². The second-order valence-corrected chi connectivity index (χ2v) is 2.91. The predicted octanol–water partition coefficient (Wildman–Crippen LogP) is 1.32. The van der Waals surface area contributed by atoms with Crippen molar-refractivity contribution in [2.24, 2.45) is 0 Å². The zero-order chi connectivity index (χ0) is 11.7. The normalized spacial score (nSPS) is 10.4. The van der Waals surface area contributed by atoms with Crippen LogP contribution in [0.2, 0.25) is 0 Å². The molecule has 0 saturated heterocycles. The average Bonchev–Trinajstić information content (AvgIpc) is 2.67. The van der Waals surface area contributed by atoms with Gasteiger partial charge in [-0.1, -0.05) is 5.16 Å². The van der Waals surface area contributed by atoms with Crippen molar-refractivity contribution in [3.05, 3.63) is 34.3 Å². The number of methoxy groups -OCH3 is 1. The zero-order valence-corrected chi connectivity index (χ0v) is 8.08. The third-order valence-corrected chi connectivity index (χ3v) is 1.94. The van der Waals surface area contributed by atoms with Gasteiger partial charge in [-0.3, -0.25) is 9.51 Å². The molecule has 0 unspecified atom stereocenters. The molecule has 0 aliphatic carbocycles. The molecule has 0 amide bonds. The molecule has 0 saturated carbocycles. The molecule has 2 rings (SSSR count). The van der Waals surface area contributed by atoms with Gasteiger partial charge in [0.25, 0.3) is 0 Å². The number of ether oxygens (including phenoxy) is 1. The summed E-state index contributed by atoms with van der Waals surface area (Å²) in [5, 5.41) is 3.25. The Labute approximate surface area is 87.6 Å². The SMILES string of the molecule is COc1cc(F)c(-c2noc(=O)[nH]2)cc1F. The Hall–Kier alpha value is -2.18. The summed E-state index contributed by atoms with van der Waals surface area (Å²) >= 11 is 0. The lowest BCUT2D eigenvalue weighted by Crippen LogP contribution is -1.97. The summed E-state index contributed by atoms with van der Waals surface area (Å²) in [4.78, 5) is 12.8. The molecule has 1 aromatic heterocycles. The highest BCUT2D eigenvalue weighted by Crippen LogP contribution is 2.26. The van der Waals surface area contributed by atoms with E-state index in [1.807, 2.05) is 0 Å². The van der Waals surface area contributed by atoms with Crippen LogP contribution in [0.1, 0.15) is 0 Å². The first kappa shape index (κ1) is 10.3. The van der Waals surface area contributed by atoms with Gasteiger partial charge >= 0.3 is 5.76 Å². The number of benzene rings is 1. The number of nitrogens with zero attached hydrogens (tertiary/aromatic N) is 1. The maximum atomic E-state index is 13.5. The Morgan fingerprint density at radius 3 is 2.69 bits per heavy atom. The number of H-pyrrole nitrogens is 1. The van der Waals surface area contributed by atoms with Gasteiger partial charge in [-0.25, -0.2) is 13.6 Å². The molecule has 7 heteroatoms. The molecule has 5 nitrogen and oxygen atoms in total. The smallest absolute Gasteiger partial charge is 0.439 e. The standard InChI is InChI=1S/C9H6F2N2O3/c1-15-7-3-5(10)4(2-6(7)11)8-12-9(14)16-13-8/h2-3H,1H3,(H,12,13,14). The fourth-order valence-corrected chi connectivity index (χ4v) is 1.21. The van der Waals surface area contributed by atoms with E-state index in [4.69, 9.17) is 0 Å². The Morgan fingerprint density at radius 2 is 2.12 bits per heavy atom. The quantitative estimate of drug-likeness (QED) is 0.841. The molecule has 0 aliphatic heterocycles. The predicted molar refractivity (Wildman–Crippen MR) is 49.0 cm³/mol. The maximum Gasteiger partial charge on any atom is 0.439 e. The Balaban J connectivity index is 2.58. The molecule has 2 aromatic rings. The van der Waals surface area contributed by atoms with Crippen molar-refractivity contribution < 1.29 is 18.0 Å². The minimum Gasteiger partial charge on any atom is -0.494 e. The number of hydrogen-bond donors (Lipinski definition) is 1. The Bertz CT molecular complexity index is 576. The van der Waals surface area contributed by atoms with E-state index in [9.17, 15) is 13.6 Å². The lowest BCUT2D eigenvalue weighted by Gasteiger charge is -2.04. The van der Waals surface area contributed by atoms with Gasteiger partial charge in [0.2, 0.25) is 0 Å². The number of rotatable bonds is 2. The summed E-state index contributed by atoms with van der Waals surface area (Å²) in [7, 11) is 1.22. The highest BCUT2D eigenvalue weighted by atomic mass is 19.1. The first-order valence-corrected chi connectivity index (χ1v) is 4.21. The summed E-state index contributed by atoms with van der Waals surface area (Å²) in [6, 6.07) is 1.72. The second kappa shape index (κ2) is 3.76. The minimum atomic E-state index is -0.842. The van der Waals surface area contributed by atoms with Crippen molar-refractivity contribution in [2.75, 3.05) is 7.11 Å². The molecule has 84 valence electrons. The van der Waals surface area contributed by atoms with E-state index in [-0.39, 0.29) is 17.1 Å². The van der Waals surface area contributed by atoms with Crippen molar-refractivity contribution >= 4 is 0 Å². The van der Waals surface area contributed by atoms with Crippen LogP contribution < -0.4 is 10.5 Å². The molecule has 0 radical (unpaired) electrons. The van der Waals surface area contributed by atoms with Crippen molar-refractivity contribution in [1.82, 2.24) is 10.1 Å². The van der Waals surface area contributed by atoms with Crippen molar-refractivity contribution in [3.63, 3.8) is 0 Å². The van der Waals surface area contributed by atoms with E-state index in [1.165, 1.54) is 7.11 Å². The van der Waals surface area contributed by atoms with Gasteiger partial charge < -0.3 is 4.74 Å². The number of nitrogens with one attached hydrogen (secondary N) is 1. The fourth-order valence-electron chi connectivity index (χ4n) is 1.21. The van der Waals surface area contributed by atoms with E-state index < -0.39 is 17.4 Å². The minimum absolute atomic E-state index is 0.177. The molecule has 1 heterocycles. The molecule has 0 atom stereocenters. The fraction of sp³-hybridized carbons (Fsp3) is 0.111. The van der Waals surface area contributed by atoms with E-state index in [0.29, 0.717) is 0 Å². The highest BCUT2D eigenvalue weighted by Gasteiger charge is 2.15. The lowest BCUT2D eigenvalue weighted by molar-refractivity contribution is 0.382. The summed E-state index contributed by atoms with van der Waals surface area (Å²) < 4.78 is 35.5. The molecule has 0 fully saturated rings. The first-order valence-electron chi connectivity index (χ1n) is 4.21. The van der Waals surface area contributed by atoms with Crippen LogP contribution >= 0.6 is 0 Å². The van der Waals surface area contributed by atoms with E-state index in [0.717, 1.165) is 12.1 Å². The van der Waals surface area contributed by atoms with Gasteiger partial charge in [-0.15, -0.1) is 0 Å². The Kier molecular flexibility index (Phi) is 2.43. The van der Waals surface area contributed by atoms with Gasteiger partial charge in [0.1, 0.15) is 5.82 Å². The van der Waals surface area contributed by atoms with Gasteiger partial charge in [-0.05, 0) is 6.07 Å². The van der Waals surface area contributed by atoms with Gasteiger partial charge in [0.15, 0.2) is 17.4 Å². The van der Waals surface area contributed by atoms with Crippen LogP contribution in [0.3, 0.4) is 0 Å². The van der Waals surface area contributed by atoms with Gasteiger partial charge in [0.05, 0.1) is 12.7 Å². The van der Waals surface area contributed by atoms with Crippen LogP contribution in [-0.2, 0) is 0 Å². The average molecular weight is 228 g/mol. The molecule has 1 N–H and O–H groups in total. The van der Waals surface area contributed by atoms with Crippen LogP contribution in [0.4, 0.5) is 8.78 Å². The topological polar surface area (TPSA) is 68.1 Å². The molecule has 16 heavy (non-hydrogen) atoms. The van der Waals surface area contributed by atoms with Crippen molar-refractivity contribution in [3.8, 4) is 17.1 Å². The van der Waals surface area contributed by atoms with Crippen molar-refractivity contribution in [2.45, 2.75) is 0 Å². The number of aromatic nitrogens is 2. The zero-order valence-electron chi connectivity index (χ0n) is 8.08. The number of aromatic amines is 1. The molecular formula is C9H6F2N2O3. The van der Waals surface area contributed by atoms with E-state index in [2.05, 4.69) is 19.4 Å². The van der Waals surface area contributed by atoms with Crippen molar-refractivity contribution in [1.29, 1.82) is 0 Å². The number of halogens is 2. The van der Waals surface area contributed by atoms with Gasteiger partial charge in [0, 0.05) is 6.07 Å². The molecule has 0 aliphatic rings. The van der Waals surface area contributed by atoms with Crippen LogP contribution in [0.15, 0.2) is 21.5 Å². The van der Waals surface area contributed by atoms with E-state index >= 15 is 0 Å². The Morgan fingerprint density at radius 1 is 1.38 bits per heavy atom.